The second-order valence-electron chi connectivity index (χ2n) is 8.54. The monoisotopic (exact) mass is 445 g/mol. The Morgan fingerprint density at radius 3 is 2.69 bits per heavy atom. The lowest BCUT2D eigenvalue weighted by Gasteiger charge is -2.48. The van der Waals surface area contributed by atoms with E-state index in [1.807, 2.05) is 12.1 Å². The maximum atomic E-state index is 13.1. The predicted octanol–water partition coefficient (Wildman–Crippen LogP) is 2.35. The predicted molar refractivity (Wildman–Crippen MR) is 109 cm³/mol. The molecule has 1 saturated heterocycles. The molecule has 1 amide bonds. The van der Waals surface area contributed by atoms with Crippen molar-refractivity contribution in [3.8, 4) is 0 Å². The first-order valence-corrected chi connectivity index (χ1v) is 10.4. The molecule has 1 aromatic carbocycles. The Hall–Kier alpha value is -2.98. The van der Waals surface area contributed by atoms with E-state index in [1.165, 1.54) is 33.5 Å². The smallest absolute Gasteiger partial charge is 0.389 e. The number of carbonyl (C=O) groups excluding carboxylic acids is 1. The van der Waals surface area contributed by atoms with Crippen LogP contribution in [0.3, 0.4) is 0 Å². The van der Waals surface area contributed by atoms with Crippen LogP contribution in [0.4, 0.5) is 13.2 Å². The number of benzene rings is 1. The highest BCUT2D eigenvalue weighted by Gasteiger charge is 2.45. The number of imidazole rings is 1. The number of carbonyl (C=O) groups is 1. The fraction of sp³-hybridized carbons (Fsp3) is 0.409. The quantitative estimate of drug-likeness (QED) is 0.601. The SMILES string of the molecule is Cc1nc(C(F)(F)F)cn2cc(C(=O)N3CC[C@]4(Cc5ccccc5CN4)[C@H](O)C3)nc12. The molecule has 2 aromatic heterocycles. The molecule has 3 aromatic rings. The Morgan fingerprint density at radius 1 is 1.22 bits per heavy atom. The highest BCUT2D eigenvalue weighted by molar-refractivity contribution is 5.93. The van der Waals surface area contributed by atoms with Crippen LogP contribution in [0.25, 0.3) is 5.65 Å². The molecule has 0 saturated carbocycles. The maximum absolute atomic E-state index is 13.1. The normalized spacial score (nSPS) is 23.5. The van der Waals surface area contributed by atoms with Gasteiger partial charge in [-0.05, 0) is 30.9 Å². The van der Waals surface area contributed by atoms with Crippen LogP contribution < -0.4 is 5.32 Å². The minimum atomic E-state index is -4.59. The molecule has 0 aliphatic carbocycles. The number of aryl methyl sites for hydroxylation is 1. The summed E-state index contributed by atoms with van der Waals surface area (Å²) in [4.78, 5) is 22.3. The van der Waals surface area contributed by atoms with E-state index in [9.17, 15) is 23.1 Å². The summed E-state index contributed by atoms with van der Waals surface area (Å²) in [6.45, 7) is 2.60. The van der Waals surface area contributed by atoms with Gasteiger partial charge in [0.25, 0.3) is 5.91 Å². The number of aromatic nitrogens is 3. The van der Waals surface area contributed by atoms with Crippen molar-refractivity contribution in [1.82, 2.24) is 24.6 Å². The molecule has 1 spiro atoms. The van der Waals surface area contributed by atoms with Gasteiger partial charge < -0.3 is 19.7 Å². The number of nitrogens with one attached hydrogen (secondary N) is 1. The van der Waals surface area contributed by atoms with E-state index in [0.29, 0.717) is 25.9 Å². The van der Waals surface area contributed by atoms with Gasteiger partial charge >= 0.3 is 6.18 Å². The molecule has 4 heterocycles. The van der Waals surface area contributed by atoms with Crippen molar-refractivity contribution in [2.24, 2.45) is 0 Å². The molecule has 7 nitrogen and oxygen atoms in total. The Morgan fingerprint density at radius 2 is 1.97 bits per heavy atom. The first kappa shape index (κ1) is 20.9. The first-order valence-electron chi connectivity index (χ1n) is 10.4. The summed E-state index contributed by atoms with van der Waals surface area (Å²) in [5.74, 6) is -0.424. The second-order valence-corrected chi connectivity index (χ2v) is 8.54. The number of fused-ring (bicyclic) bond motifs is 2. The number of aliphatic hydroxyl groups is 1. The minimum absolute atomic E-state index is 0.0272. The molecular formula is C22H22F3N5O2. The van der Waals surface area contributed by atoms with Gasteiger partial charge in [0.15, 0.2) is 11.3 Å². The molecule has 2 aliphatic rings. The topological polar surface area (TPSA) is 82.8 Å². The van der Waals surface area contributed by atoms with Gasteiger partial charge in [-0.2, -0.15) is 13.2 Å². The molecule has 10 heteroatoms. The number of hydrogen-bond donors (Lipinski definition) is 2. The lowest BCUT2D eigenvalue weighted by Crippen LogP contribution is -2.65. The van der Waals surface area contributed by atoms with E-state index in [2.05, 4.69) is 27.4 Å². The summed E-state index contributed by atoms with van der Waals surface area (Å²) < 4.78 is 40.3. The minimum Gasteiger partial charge on any atom is -0.389 e. The number of aliphatic hydroxyl groups excluding tert-OH is 1. The fourth-order valence-corrected chi connectivity index (χ4v) is 4.70. The van der Waals surface area contributed by atoms with Crippen molar-refractivity contribution >= 4 is 11.6 Å². The highest BCUT2D eigenvalue weighted by atomic mass is 19.4. The van der Waals surface area contributed by atoms with Gasteiger partial charge in [0.1, 0.15) is 5.69 Å². The summed E-state index contributed by atoms with van der Waals surface area (Å²) in [6, 6.07) is 8.09. The average Bonchev–Trinajstić information content (AvgIpc) is 3.20. The van der Waals surface area contributed by atoms with Crippen molar-refractivity contribution in [2.45, 2.75) is 44.1 Å². The van der Waals surface area contributed by atoms with Crippen molar-refractivity contribution < 1.29 is 23.1 Å². The number of rotatable bonds is 1. The largest absolute Gasteiger partial charge is 0.434 e. The maximum Gasteiger partial charge on any atom is 0.434 e. The summed E-state index contributed by atoms with van der Waals surface area (Å²) in [6.07, 6.45) is -2.04. The van der Waals surface area contributed by atoms with Crippen molar-refractivity contribution in [1.29, 1.82) is 0 Å². The van der Waals surface area contributed by atoms with Crippen LogP contribution in [-0.2, 0) is 19.1 Å². The third-order valence-corrected chi connectivity index (χ3v) is 6.52. The molecule has 168 valence electrons. The van der Waals surface area contributed by atoms with Gasteiger partial charge in [-0.1, -0.05) is 24.3 Å². The second kappa shape index (κ2) is 7.28. The molecular weight excluding hydrogens is 423 g/mol. The third kappa shape index (κ3) is 3.43. The molecule has 1 fully saturated rings. The van der Waals surface area contributed by atoms with Crippen LogP contribution in [-0.4, -0.2) is 55.0 Å². The number of alkyl halides is 3. The summed E-state index contributed by atoms with van der Waals surface area (Å²) in [7, 11) is 0. The Labute approximate surface area is 181 Å². The number of halogens is 3. The molecule has 32 heavy (non-hydrogen) atoms. The van der Waals surface area contributed by atoms with Gasteiger partial charge in [0.2, 0.25) is 0 Å². The van der Waals surface area contributed by atoms with Gasteiger partial charge in [-0.25, -0.2) is 9.97 Å². The molecule has 5 rings (SSSR count). The van der Waals surface area contributed by atoms with E-state index >= 15 is 0 Å². The van der Waals surface area contributed by atoms with Crippen LogP contribution in [0.5, 0.6) is 0 Å². The Bertz CT molecular complexity index is 1210. The lowest BCUT2D eigenvalue weighted by molar-refractivity contribution is -0.141. The van der Waals surface area contributed by atoms with Gasteiger partial charge in [0, 0.05) is 32.0 Å². The van der Waals surface area contributed by atoms with E-state index in [0.717, 1.165) is 6.20 Å². The average molecular weight is 445 g/mol. The summed E-state index contributed by atoms with van der Waals surface area (Å²) >= 11 is 0. The van der Waals surface area contributed by atoms with Crippen molar-refractivity contribution in [2.75, 3.05) is 13.1 Å². The van der Waals surface area contributed by atoms with Crippen LogP contribution in [0.1, 0.15) is 39.4 Å². The number of amides is 1. The van der Waals surface area contributed by atoms with Crippen LogP contribution in [0, 0.1) is 6.92 Å². The molecule has 2 atom stereocenters. The van der Waals surface area contributed by atoms with E-state index in [4.69, 9.17) is 0 Å². The zero-order chi connectivity index (χ0) is 22.7. The van der Waals surface area contributed by atoms with Crippen LogP contribution in [0.2, 0.25) is 0 Å². The molecule has 2 aliphatic heterocycles. The van der Waals surface area contributed by atoms with Gasteiger partial charge in [-0.3, -0.25) is 4.79 Å². The zero-order valence-corrected chi connectivity index (χ0v) is 17.4. The van der Waals surface area contributed by atoms with Crippen molar-refractivity contribution in [3.05, 3.63) is 64.9 Å². The standard InChI is InChI=1S/C22H22F3N5O2/c1-13-19-28-16(10-30(19)11-17(27-13)22(23,24)25)20(32)29-7-6-21(18(31)12-29)8-14-4-2-3-5-15(14)9-26-21/h2-5,10-11,18,26,31H,6-9,12H2,1H3/t18-,21+/m1/s1. The summed E-state index contributed by atoms with van der Waals surface area (Å²) in [5, 5.41) is 14.4. The molecule has 0 radical (unpaired) electrons. The van der Waals surface area contributed by atoms with Crippen LogP contribution in [0.15, 0.2) is 36.7 Å². The zero-order valence-electron chi connectivity index (χ0n) is 17.4. The highest BCUT2D eigenvalue weighted by Crippen LogP contribution is 2.33. The molecule has 0 bridgehead atoms. The van der Waals surface area contributed by atoms with Gasteiger partial charge in [0.05, 0.1) is 17.3 Å². The van der Waals surface area contributed by atoms with Crippen LogP contribution >= 0.6 is 0 Å². The molecule has 0 unspecified atom stereocenters. The molecule has 2 N–H and O–H groups in total. The van der Waals surface area contributed by atoms with Gasteiger partial charge in [-0.15, -0.1) is 0 Å². The Kier molecular flexibility index (Phi) is 4.75. The van der Waals surface area contributed by atoms with Crippen molar-refractivity contribution in [3.63, 3.8) is 0 Å². The number of hydrogen-bond acceptors (Lipinski definition) is 5. The summed E-state index contributed by atoms with van der Waals surface area (Å²) in [5.41, 5.74) is 1.15. The fourth-order valence-electron chi connectivity index (χ4n) is 4.70. The third-order valence-electron chi connectivity index (χ3n) is 6.52. The van der Waals surface area contributed by atoms with E-state index < -0.39 is 29.4 Å². The number of likely N-dealkylation sites (tertiary alicyclic amines) is 1. The first-order chi connectivity index (χ1) is 15.2. The number of nitrogens with zero attached hydrogens (tertiary/aromatic N) is 4. The Balaban J connectivity index is 1.36. The lowest BCUT2D eigenvalue weighted by atomic mass is 9.76. The van der Waals surface area contributed by atoms with E-state index in [-0.39, 0.29) is 23.6 Å². The van der Waals surface area contributed by atoms with E-state index in [1.54, 1.807) is 0 Å². The number of piperidine rings is 1. The number of β-amino-alcohol motifs (C(OH)–C–C–N with tert-alkyl or cyclic N) is 1.